The third kappa shape index (κ3) is 4.55. The molecule has 3 aromatic carbocycles. The molecule has 7 heteroatoms. The van der Waals surface area contributed by atoms with Gasteiger partial charge in [0.15, 0.2) is 17.1 Å². The van der Waals surface area contributed by atoms with E-state index in [2.05, 4.69) is 31.1 Å². The second-order valence-electron chi connectivity index (χ2n) is 8.90. The van der Waals surface area contributed by atoms with Crippen molar-refractivity contribution in [3.05, 3.63) is 65.7 Å². The summed E-state index contributed by atoms with van der Waals surface area (Å²) < 4.78 is 22.2. The van der Waals surface area contributed by atoms with Crippen molar-refractivity contribution in [2.75, 3.05) is 26.6 Å². The third-order valence-corrected chi connectivity index (χ3v) is 5.57. The highest BCUT2D eigenvalue weighted by atomic mass is 16.5. The summed E-state index contributed by atoms with van der Waals surface area (Å²) in [6.07, 6.45) is 0. The fourth-order valence-electron chi connectivity index (χ4n) is 3.66. The van der Waals surface area contributed by atoms with E-state index < -0.39 is 0 Å². The number of methoxy groups -OCH3 is 3. The van der Waals surface area contributed by atoms with E-state index in [1.54, 1.807) is 51.7 Å². The van der Waals surface area contributed by atoms with Gasteiger partial charge in [-0.2, -0.15) is 0 Å². The number of nitrogens with zero attached hydrogens (tertiary/aromatic N) is 1. The van der Waals surface area contributed by atoms with E-state index in [-0.39, 0.29) is 11.3 Å². The lowest BCUT2D eigenvalue weighted by atomic mass is 9.87. The molecule has 1 aromatic heterocycles. The second kappa shape index (κ2) is 9.09. The first kappa shape index (κ1) is 23.2. The van der Waals surface area contributed by atoms with Gasteiger partial charge in [0.05, 0.1) is 21.3 Å². The van der Waals surface area contributed by atoms with Crippen molar-refractivity contribution < 1.29 is 23.4 Å². The first-order valence-corrected chi connectivity index (χ1v) is 10.9. The summed E-state index contributed by atoms with van der Waals surface area (Å²) in [5.41, 5.74) is 4.31. The summed E-state index contributed by atoms with van der Waals surface area (Å²) in [6, 6.07) is 16.5. The zero-order valence-electron chi connectivity index (χ0n) is 20.2. The highest BCUT2D eigenvalue weighted by Crippen LogP contribution is 2.41. The van der Waals surface area contributed by atoms with Crippen LogP contribution in [-0.2, 0) is 5.41 Å². The van der Waals surface area contributed by atoms with Crippen LogP contribution in [0.25, 0.3) is 22.6 Å². The molecule has 4 aromatic rings. The van der Waals surface area contributed by atoms with E-state index in [0.717, 1.165) is 0 Å². The molecule has 0 radical (unpaired) electrons. The molecule has 0 atom stereocenters. The molecule has 0 saturated carbocycles. The van der Waals surface area contributed by atoms with E-state index in [4.69, 9.17) is 18.6 Å². The van der Waals surface area contributed by atoms with E-state index in [1.807, 2.05) is 24.3 Å². The van der Waals surface area contributed by atoms with Crippen LogP contribution in [0.2, 0.25) is 0 Å². The van der Waals surface area contributed by atoms with Gasteiger partial charge in [-0.25, -0.2) is 4.98 Å². The summed E-state index contributed by atoms with van der Waals surface area (Å²) in [6.45, 7) is 6.42. The fourth-order valence-corrected chi connectivity index (χ4v) is 3.66. The SMILES string of the molecule is COc1cc(-c2nc3cc(NC(=O)c4ccc(C(C)(C)C)cc4)ccc3o2)cc(OC)c1OC. The van der Waals surface area contributed by atoms with Crippen LogP contribution in [0.3, 0.4) is 0 Å². The molecule has 0 aliphatic rings. The van der Waals surface area contributed by atoms with Gasteiger partial charge < -0.3 is 23.9 Å². The third-order valence-electron chi connectivity index (χ3n) is 5.57. The number of hydrogen-bond acceptors (Lipinski definition) is 6. The molecule has 1 heterocycles. The lowest BCUT2D eigenvalue weighted by Gasteiger charge is -2.19. The molecule has 0 aliphatic heterocycles. The Labute approximate surface area is 198 Å². The number of carbonyl (C=O) groups is 1. The Balaban J connectivity index is 1.60. The van der Waals surface area contributed by atoms with Crippen molar-refractivity contribution >= 4 is 22.7 Å². The number of amides is 1. The minimum atomic E-state index is -0.187. The van der Waals surface area contributed by atoms with Gasteiger partial charge in [0.25, 0.3) is 5.91 Å². The lowest BCUT2D eigenvalue weighted by Crippen LogP contribution is -2.14. The Hall–Kier alpha value is -4.00. The van der Waals surface area contributed by atoms with Gasteiger partial charge in [-0.15, -0.1) is 0 Å². The Bertz CT molecular complexity index is 1310. The normalized spacial score (nSPS) is 11.4. The average Bonchev–Trinajstić information content (AvgIpc) is 3.26. The van der Waals surface area contributed by atoms with Gasteiger partial charge in [-0.05, 0) is 53.4 Å². The van der Waals surface area contributed by atoms with Crippen LogP contribution < -0.4 is 19.5 Å². The molecule has 0 spiro atoms. The molecule has 1 amide bonds. The standard InChI is InChI=1S/C27H28N2O5/c1-27(2,3)18-9-7-16(8-10-18)25(30)28-19-11-12-21-20(15-19)29-26(34-21)17-13-22(31-4)24(33-6)23(14-17)32-5/h7-15H,1-6H3,(H,28,30). The molecule has 1 N–H and O–H groups in total. The van der Waals surface area contributed by atoms with E-state index in [1.165, 1.54) is 5.56 Å². The summed E-state index contributed by atoms with van der Waals surface area (Å²) in [4.78, 5) is 17.3. The van der Waals surface area contributed by atoms with Crippen LogP contribution in [0.5, 0.6) is 17.2 Å². The first-order chi connectivity index (χ1) is 16.2. The number of hydrogen-bond donors (Lipinski definition) is 1. The molecular weight excluding hydrogens is 432 g/mol. The molecule has 34 heavy (non-hydrogen) atoms. The lowest BCUT2D eigenvalue weighted by molar-refractivity contribution is 0.102. The van der Waals surface area contributed by atoms with Gasteiger partial charge in [-0.1, -0.05) is 32.9 Å². The van der Waals surface area contributed by atoms with Gasteiger partial charge in [0.1, 0.15) is 5.52 Å². The minimum Gasteiger partial charge on any atom is -0.493 e. The highest BCUT2D eigenvalue weighted by Gasteiger charge is 2.18. The molecule has 0 saturated heterocycles. The van der Waals surface area contributed by atoms with Gasteiger partial charge >= 0.3 is 0 Å². The molecule has 0 aliphatic carbocycles. The number of fused-ring (bicyclic) bond motifs is 1. The van der Waals surface area contributed by atoms with Crippen LogP contribution in [0.1, 0.15) is 36.7 Å². The number of carbonyl (C=O) groups excluding carboxylic acids is 1. The maximum absolute atomic E-state index is 12.7. The largest absolute Gasteiger partial charge is 0.493 e. The van der Waals surface area contributed by atoms with Crippen molar-refractivity contribution in [3.8, 4) is 28.7 Å². The molecule has 7 nitrogen and oxygen atoms in total. The van der Waals surface area contributed by atoms with Crippen LogP contribution in [0.4, 0.5) is 5.69 Å². The number of ether oxygens (including phenoxy) is 3. The number of nitrogens with one attached hydrogen (secondary N) is 1. The van der Waals surface area contributed by atoms with E-state index in [9.17, 15) is 4.79 Å². The zero-order valence-corrected chi connectivity index (χ0v) is 20.2. The first-order valence-electron chi connectivity index (χ1n) is 10.9. The summed E-state index contributed by atoms with van der Waals surface area (Å²) in [7, 11) is 4.66. The topological polar surface area (TPSA) is 82.8 Å². The summed E-state index contributed by atoms with van der Waals surface area (Å²) >= 11 is 0. The Morgan fingerprint density at radius 2 is 1.53 bits per heavy atom. The van der Waals surface area contributed by atoms with Crippen molar-refractivity contribution in [3.63, 3.8) is 0 Å². The minimum absolute atomic E-state index is 0.0304. The predicted octanol–water partition coefficient (Wildman–Crippen LogP) is 6.07. The fraction of sp³-hybridized carbons (Fsp3) is 0.259. The molecular formula is C27H28N2O5. The summed E-state index contributed by atoms with van der Waals surface area (Å²) in [5, 5.41) is 2.93. The molecule has 0 fully saturated rings. The van der Waals surface area contributed by atoms with Gasteiger partial charge in [0.2, 0.25) is 11.6 Å². The predicted molar refractivity (Wildman–Crippen MR) is 132 cm³/mol. The number of oxazole rings is 1. The smallest absolute Gasteiger partial charge is 0.255 e. The van der Waals surface area contributed by atoms with E-state index in [0.29, 0.717) is 51.1 Å². The highest BCUT2D eigenvalue weighted by molar-refractivity contribution is 6.05. The van der Waals surface area contributed by atoms with Crippen molar-refractivity contribution in [2.24, 2.45) is 0 Å². The molecule has 0 bridgehead atoms. The number of rotatable bonds is 6. The maximum Gasteiger partial charge on any atom is 0.255 e. The van der Waals surface area contributed by atoms with Crippen LogP contribution in [-0.4, -0.2) is 32.2 Å². The van der Waals surface area contributed by atoms with Gasteiger partial charge in [0, 0.05) is 16.8 Å². The second-order valence-corrected chi connectivity index (χ2v) is 8.90. The maximum atomic E-state index is 12.7. The van der Waals surface area contributed by atoms with E-state index >= 15 is 0 Å². The number of anilines is 1. The molecule has 0 unspecified atom stereocenters. The Morgan fingerprint density at radius 1 is 0.882 bits per heavy atom. The number of benzene rings is 3. The van der Waals surface area contributed by atoms with Crippen LogP contribution in [0.15, 0.2) is 59.0 Å². The zero-order chi connectivity index (χ0) is 24.5. The van der Waals surface area contributed by atoms with Crippen molar-refractivity contribution in [2.45, 2.75) is 26.2 Å². The van der Waals surface area contributed by atoms with Crippen LogP contribution in [0, 0.1) is 0 Å². The Morgan fingerprint density at radius 3 is 2.09 bits per heavy atom. The van der Waals surface area contributed by atoms with Gasteiger partial charge in [-0.3, -0.25) is 4.79 Å². The van der Waals surface area contributed by atoms with Crippen LogP contribution >= 0.6 is 0 Å². The number of aromatic nitrogens is 1. The monoisotopic (exact) mass is 460 g/mol. The van der Waals surface area contributed by atoms with Crippen molar-refractivity contribution in [1.82, 2.24) is 4.98 Å². The average molecular weight is 461 g/mol. The quantitative estimate of drug-likeness (QED) is 0.376. The molecule has 176 valence electrons. The molecule has 4 rings (SSSR count). The Kier molecular flexibility index (Phi) is 6.20. The van der Waals surface area contributed by atoms with Crippen molar-refractivity contribution in [1.29, 1.82) is 0 Å². The summed E-state index contributed by atoms with van der Waals surface area (Å²) in [5.74, 6) is 1.71.